The van der Waals surface area contributed by atoms with Crippen LogP contribution in [-0.4, -0.2) is 66.1 Å². The van der Waals surface area contributed by atoms with Crippen LogP contribution in [0.5, 0.6) is 0 Å². The Bertz CT molecular complexity index is 1650. The summed E-state index contributed by atoms with van der Waals surface area (Å²) in [5, 5.41) is 9.82. The number of benzene rings is 4. The summed E-state index contributed by atoms with van der Waals surface area (Å²) in [5.74, 6) is -0.0726. The molecule has 7 heteroatoms. The van der Waals surface area contributed by atoms with Crippen molar-refractivity contribution in [2.45, 2.75) is 31.0 Å². The topological polar surface area (TPSA) is 73.3 Å². The summed E-state index contributed by atoms with van der Waals surface area (Å²) in [6, 6.07) is 33.0. The Balaban J connectivity index is 1.42. The van der Waals surface area contributed by atoms with Crippen LogP contribution in [0.1, 0.15) is 44.2 Å². The minimum atomic E-state index is -1.06. The standard InChI is InChI=1S/C37H37N3O4/c41-26-28-14-16-29(17-15-28)34-37(32-12-6-5-11-31(32)35(42)40(34)25-27-8-2-1-3-9-27)24-30-10-4-7-13-33(30)39(36(37)43)19-18-38-20-22-44-23-21-38/h1-17,34,41H,18-26H2/t34-,37-/m0/s1. The average molecular weight is 588 g/mol. The molecular weight excluding hydrogens is 550 g/mol. The normalized spacial score (nSPS) is 21.8. The second kappa shape index (κ2) is 12.0. The van der Waals surface area contributed by atoms with Crippen LogP contribution in [0.2, 0.25) is 0 Å². The lowest BCUT2D eigenvalue weighted by molar-refractivity contribution is -0.128. The summed E-state index contributed by atoms with van der Waals surface area (Å²) in [5.41, 5.74) is 4.99. The van der Waals surface area contributed by atoms with Gasteiger partial charge in [0, 0.05) is 44.0 Å². The zero-order valence-electron chi connectivity index (χ0n) is 24.8. The van der Waals surface area contributed by atoms with Gasteiger partial charge in [0.25, 0.3) is 5.91 Å². The molecule has 1 spiro atoms. The maximum atomic E-state index is 15.4. The number of hydrogen-bond donors (Lipinski definition) is 1. The van der Waals surface area contributed by atoms with Crippen LogP contribution in [0.3, 0.4) is 0 Å². The molecule has 44 heavy (non-hydrogen) atoms. The molecule has 0 saturated carbocycles. The maximum Gasteiger partial charge on any atom is 0.255 e. The first-order chi connectivity index (χ1) is 21.6. The minimum Gasteiger partial charge on any atom is -0.392 e. The minimum absolute atomic E-state index is 0.0127. The van der Waals surface area contributed by atoms with E-state index in [4.69, 9.17) is 4.74 Å². The summed E-state index contributed by atoms with van der Waals surface area (Å²) < 4.78 is 5.57. The fraction of sp³-hybridized carbons (Fsp3) is 0.297. The van der Waals surface area contributed by atoms with Crippen molar-refractivity contribution in [2.75, 3.05) is 44.3 Å². The number of ether oxygens (including phenoxy) is 1. The molecule has 0 unspecified atom stereocenters. The second-order valence-corrected chi connectivity index (χ2v) is 12.0. The van der Waals surface area contributed by atoms with E-state index < -0.39 is 11.5 Å². The lowest BCUT2D eigenvalue weighted by Crippen LogP contribution is -2.63. The highest BCUT2D eigenvalue weighted by atomic mass is 16.5. The summed E-state index contributed by atoms with van der Waals surface area (Å²) in [6.07, 6.45) is 0.470. The van der Waals surface area contributed by atoms with Gasteiger partial charge in [-0.05, 0) is 46.4 Å². The van der Waals surface area contributed by atoms with Crippen LogP contribution in [0.25, 0.3) is 0 Å². The molecule has 3 heterocycles. The van der Waals surface area contributed by atoms with E-state index >= 15 is 4.79 Å². The van der Waals surface area contributed by atoms with Crippen molar-refractivity contribution in [1.82, 2.24) is 9.80 Å². The smallest absolute Gasteiger partial charge is 0.255 e. The predicted octanol–water partition coefficient (Wildman–Crippen LogP) is 4.74. The van der Waals surface area contributed by atoms with Crippen molar-refractivity contribution in [2.24, 2.45) is 0 Å². The molecule has 1 saturated heterocycles. The third kappa shape index (κ3) is 4.91. The Morgan fingerprint density at radius 3 is 2.25 bits per heavy atom. The Morgan fingerprint density at radius 2 is 1.48 bits per heavy atom. The number of carbonyl (C=O) groups excluding carboxylic acids is 2. The molecule has 0 aromatic heterocycles. The van der Waals surface area contributed by atoms with E-state index in [0.29, 0.717) is 38.3 Å². The number of anilines is 1. The SMILES string of the molecule is O=C1c2ccccc2[C@@]2(Cc3ccccc3N(CCN3CCOCC3)C2=O)[C@H](c2ccc(CO)cc2)N1Cc1ccccc1. The van der Waals surface area contributed by atoms with Gasteiger partial charge in [0.2, 0.25) is 5.91 Å². The summed E-state index contributed by atoms with van der Waals surface area (Å²) >= 11 is 0. The van der Waals surface area contributed by atoms with E-state index in [2.05, 4.69) is 11.0 Å². The Labute approximate surface area is 258 Å². The molecule has 0 radical (unpaired) electrons. The predicted molar refractivity (Wildman–Crippen MR) is 169 cm³/mol. The number of nitrogens with zero attached hydrogens (tertiary/aromatic N) is 3. The molecule has 7 nitrogen and oxygen atoms in total. The number of rotatable bonds is 7. The number of aliphatic hydroxyl groups is 1. The molecule has 0 aliphatic carbocycles. The average Bonchev–Trinajstić information content (AvgIpc) is 3.08. The van der Waals surface area contributed by atoms with Gasteiger partial charge in [-0.2, -0.15) is 0 Å². The van der Waals surface area contributed by atoms with E-state index in [1.807, 2.05) is 107 Å². The van der Waals surface area contributed by atoms with E-state index in [1.54, 1.807) is 0 Å². The Kier molecular flexibility index (Phi) is 7.77. The molecule has 3 aliphatic rings. The molecule has 4 aromatic carbocycles. The fourth-order valence-electron chi connectivity index (χ4n) is 7.32. The third-order valence-electron chi connectivity index (χ3n) is 9.47. The van der Waals surface area contributed by atoms with Crippen LogP contribution in [0, 0.1) is 0 Å². The van der Waals surface area contributed by atoms with Gasteiger partial charge >= 0.3 is 0 Å². The Morgan fingerprint density at radius 1 is 0.773 bits per heavy atom. The molecule has 7 rings (SSSR count). The number of carbonyl (C=O) groups is 2. The highest BCUT2D eigenvalue weighted by molar-refractivity contribution is 6.09. The van der Waals surface area contributed by atoms with Gasteiger partial charge in [-0.25, -0.2) is 0 Å². The fourth-order valence-corrected chi connectivity index (χ4v) is 7.32. The highest BCUT2D eigenvalue weighted by Crippen LogP contribution is 2.54. The quantitative estimate of drug-likeness (QED) is 0.338. The van der Waals surface area contributed by atoms with Gasteiger partial charge in [0.15, 0.2) is 0 Å². The molecule has 2 atom stereocenters. The lowest BCUT2D eigenvalue weighted by atomic mass is 9.61. The number of hydrogen-bond acceptors (Lipinski definition) is 5. The van der Waals surface area contributed by atoms with Gasteiger partial charge in [-0.15, -0.1) is 0 Å². The van der Waals surface area contributed by atoms with Crippen molar-refractivity contribution in [1.29, 1.82) is 0 Å². The number of aliphatic hydroxyl groups excluding tert-OH is 1. The van der Waals surface area contributed by atoms with Gasteiger partial charge < -0.3 is 19.6 Å². The molecule has 0 bridgehead atoms. The van der Waals surface area contributed by atoms with Crippen LogP contribution >= 0.6 is 0 Å². The van der Waals surface area contributed by atoms with Crippen molar-refractivity contribution >= 4 is 17.5 Å². The number of fused-ring (bicyclic) bond motifs is 3. The van der Waals surface area contributed by atoms with Crippen molar-refractivity contribution in [3.63, 3.8) is 0 Å². The van der Waals surface area contributed by atoms with Crippen LogP contribution in [-0.2, 0) is 34.5 Å². The van der Waals surface area contributed by atoms with E-state index in [0.717, 1.165) is 53.1 Å². The zero-order valence-corrected chi connectivity index (χ0v) is 24.8. The van der Waals surface area contributed by atoms with Gasteiger partial charge in [0.1, 0.15) is 5.41 Å². The van der Waals surface area contributed by atoms with E-state index in [1.165, 1.54) is 0 Å². The van der Waals surface area contributed by atoms with E-state index in [9.17, 15) is 9.90 Å². The Hall–Kier alpha value is -4.30. The first-order valence-electron chi connectivity index (χ1n) is 15.4. The molecule has 1 fully saturated rings. The lowest BCUT2D eigenvalue weighted by Gasteiger charge is -2.53. The molecule has 224 valence electrons. The first kappa shape index (κ1) is 28.5. The number of para-hydroxylation sites is 1. The largest absolute Gasteiger partial charge is 0.392 e. The summed E-state index contributed by atoms with van der Waals surface area (Å²) in [4.78, 5) is 36.1. The van der Waals surface area contributed by atoms with E-state index in [-0.39, 0.29) is 18.4 Å². The third-order valence-corrected chi connectivity index (χ3v) is 9.47. The molecular formula is C37H37N3O4. The van der Waals surface area contributed by atoms with Crippen molar-refractivity contribution < 1.29 is 19.4 Å². The van der Waals surface area contributed by atoms with Gasteiger partial charge in [0.05, 0.1) is 25.9 Å². The number of morpholine rings is 1. The van der Waals surface area contributed by atoms with Crippen LogP contribution in [0.4, 0.5) is 5.69 Å². The van der Waals surface area contributed by atoms with Crippen molar-refractivity contribution in [3.05, 3.63) is 137 Å². The highest BCUT2D eigenvalue weighted by Gasteiger charge is 2.59. The van der Waals surface area contributed by atoms with Gasteiger partial charge in [-0.1, -0.05) is 91.0 Å². The van der Waals surface area contributed by atoms with Crippen LogP contribution in [0.15, 0.2) is 103 Å². The first-order valence-corrected chi connectivity index (χ1v) is 15.4. The molecule has 4 aromatic rings. The monoisotopic (exact) mass is 587 g/mol. The van der Waals surface area contributed by atoms with Crippen molar-refractivity contribution in [3.8, 4) is 0 Å². The molecule has 2 amide bonds. The van der Waals surface area contributed by atoms with Gasteiger partial charge in [-0.3, -0.25) is 14.5 Å². The summed E-state index contributed by atoms with van der Waals surface area (Å²) in [7, 11) is 0. The maximum absolute atomic E-state index is 15.4. The number of amides is 2. The van der Waals surface area contributed by atoms with Crippen LogP contribution < -0.4 is 4.90 Å². The molecule has 3 aliphatic heterocycles. The zero-order chi connectivity index (χ0) is 30.1. The summed E-state index contributed by atoms with van der Waals surface area (Å²) in [6.45, 7) is 4.66. The molecule has 1 N–H and O–H groups in total. The second-order valence-electron chi connectivity index (χ2n) is 12.0.